The Morgan fingerprint density at radius 1 is 0.316 bits per heavy atom. The Hall–Kier alpha value is -2.29. The first-order valence-corrected chi connectivity index (χ1v) is 43.3. The number of phosphoric ester groups is 1. The van der Waals surface area contributed by atoms with Crippen LogP contribution >= 0.6 is 7.82 Å². The van der Waals surface area contributed by atoms with E-state index in [4.69, 9.17) is 24.3 Å². The lowest BCUT2D eigenvalue weighted by Crippen LogP contribution is -2.29. The van der Waals surface area contributed by atoms with Gasteiger partial charge < -0.3 is 20.1 Å². The second kappa shape index (κ2) is 80.7. The lowest BCUT2D eigenvalue weighted by molar-refractivity contribution is -0.161. The van der Waals surface area contributed by atoms with E-state index in [9.17, 15) is 19.0 Å². The van der Waals surface area contributed by atoms with Gasteiger partial charge in [0.05, 0.1) is 13.2 Å². The van der Waals surface area contributed by atoms with Crippen molar-refractivity contribution in [2.75, 3.05) is 26.4 Å². The smallest absolute Gasteiger partial charge is 0.462 e. The molecule has 0 bridgehead atoms. The zero-order valence-electron chi connectivity index (χ0n) is 63.2. The Morgan fingerprint density at radius 3 is 0.811 bits per heavy atom. The van der Waals surface area contributed by atoms with Gasteiger partial charge in [-0.3, -0.25) is 18.6 Å². The highest BCUT2D eigenvalue weighted by atomic mass is 31.2. The molecule has 558 valence electrons. The molecule has 0 aromatic heterocycles. The molecule has 0 aromatic carbocycles. The number of unbranched alkanes of at least 4 members (excludes halogenated alkanes) is 57. The van der Waals surface area contributed by atoms with Crippen LogP contribution in [0, 0.1) is 0 Å². The summed E-state index contributed by atoms with van der Waals surface area (Å²) in [5.74, 6) is -0.802. The molecule has 0 spiro atoms. The molecule has 0 radical (unpaired) electrons. The Bertz CT molecular complexity index is 1750. The fourth-order valence-corrected chi connectivity index (χ4v) is 13.4. The Balaban J connectivity index is 3.74. The van der Waals surface area contributed by atoms with E-state index < -0.39 is 26.5 Å². The quantitative estimate of drug-likeness (QED) is 0.0264. The van der Waals surface area contributed by atoms with Crippen LogP contribution in [0.1, 0.15) is 438 Å². The third-order valence-electron chi connectivity index (χ3n) is 18.9. The lowest BCUT2D eigenvalue weighted by atomic mass is 10.0. The summed E-state index contributed by atoms with van der Waals surface area (Å²) in [5.41, 5.74) is 5.42. The maximum Gasteiger partial charge on any atom is 0.472 e. The molecule has 0 rings (SSSR count). The van der Waals surface area contributed by atoms with E-state index in [-0.39, 0.29) is 38.6 Å². The highest BCUT2D eigenvalue weighted by molar-refractivity contribution is 7.47. The molecule has 10 heteroatoms. The van der Waals surface area contributed by atoms with Crippen LogP contribution < -0.4 is 5.73 Å². The first-order chi connectivity index (χ1) is 46.8. The zero-order chi connectivity index (χ0) is 68.6. The van der Waals surface area contributed by atoms with Gasteiger partial charge in [-0.1, -0.05) is 402 Å². The number of hydrogen-bond acceptors (Lipinski definition) is 8. The number of esters is 2. The van der Waals surface area contributed by atoms with Crippen molar-refractivity contribution in [1.82, 2.24) is 0 Å². The van der Waals surface area contributed by atoms with Crippen molar-refractivity contribution in [2.45, 2.75) is 444 Å². The van der Waals surface area contributed by atoms with Gasteiger partial charge in [-0.2, -0.15) is 0 Å². The number of carbonyl (C=O) groups is 2. The van der Waals surface area contributed by atoms with Gasteiger partial charge in [0.25, 0.3) is 0 Å². The molecule has 0 aliphatic rings. The second-order valence-electron chi connectivity index (χ2n) is 28.3. The molecule has 0 saturated carbocycles. The Kier molecular flexibility index (Phi) is 78.7. The van der Waals surface area contributed by atoms with Crippen molar-refractivity contribution in [3.8, 4) is 0 Å². The normalized spacial score (nSPS) is 13.1. The molecule has 2 atom stereocenters. The summed E-state index contributed by atoms with van der Waals surface area (Å²) in [6, 6.07) is 0. The van der Waals surface area contributed by atoms with Crippen molar-refractivity contribution in [1.29, 1.82) is 0 Å². The molecular weight excluding hydrogens is 1190 g/mol. The molecular formula is C85H160NO8P. The summed E-state index contributed by atoms with van der Waals surface area (Å²) in [4.78, 5) is 35.5. The van der Waals surface area contributed by atoms with Crippen LogP contribution in [0.2, 0.25) is 0 Å². The van der Waals surface area contributed by atoms with Gasteiger partial charge in [0.1, 0.15) is 6.61 Å². The molecule has 0 aromatic rings. The summed E-state index contributed by atoms with van der Waals surface area (Å²) in [5, 5.41) is 0. The summed E-state index contributed by atoms with van der Waals surface area (Å²) < 4.78 is 33.3. The average molecular weight is 1360 g/mol. The number of nitrogens with two attached hydrogens (primary N) is 1. The molecule has 0 heterocycles. The van der Waals surface area contributed by atoms with Crippen molar-refractivity contribution in [3.05, 3.63) is 60.8 Å². The number of allylic oxidation sites excluding steroid dienone is 10. The number of hydrogen-bond donors (Lipinski definition) is 2. The Morgan fingerprint density at radius 2 is 0.547 bits per heavy atom. The number of phosphoric acid groups is 1. The second-order valence-corrected chi connectivity index (χ2v) is 29.8. The largest absolute Gasteiger partial charge is 0.472 e. The molecule has 2 unspecified atom stereocenters. The van der Waals surface area contributed by atoms with Crippen molar-refractivity contribution in [3.63, 3.8) is 0 Å². The molecule has 0 aliphatic heterocycles. The maximum atomic E-state index is 12.8. The first-order valence-electron chi connectivity index (χ1n) is 41.8. The number of rotatable bonds is 80. The van der Waals surface area contributed by atoms with Crippen LogP contribution in [-0.4, -0.2) is 49.3 Å². The third-order valence-corrected chi connectivity index (χ3v) is 19.9. The summed E-state index contributed by atoms with van der Waals surface area (Å²) in [6.07, 6.45) is 107. The van der Waals surface area contributed by atoms with Crippen LogP contribution in [0.3, 0.4) is 0 Å². The van der Waals surface area contributed by atoms with Gasteiger partial charge in [-0.25, -0.2) is 4.57 Å². The molecule has 0 aliphatic carbocycles. The topological polar surface area (TPSA) is 134 Å². The molecule has 3 N–H and O–H groups in total. The highest BCUT2D eigenvalue weighted by Crippen LogP contribution is 2.43. The molecule has 9 nitrogen and oxygen atoms in total. The van der Waals surface area contributed by atoms with E-state index in [0.717, 1.165) is 51.4 Å². The standard InChI is InChI=1S/C85H160NO8P/c1-3-5-7-9-11-13-15-17-19-21-23-25-27-29-31-33-35-37-39-41-43-45-47-49-51-53-55-57-59-61-63-65-67-69-71-73-75-77-84(87)91-81-83(82-93-95(89,90)92-80-79-86)94-85(88)78-76-74-72-70-68-66-64-62-60-58-56-54-52-50-48-46-44-42-40-38-36-34-32-30-28-26-24-22-20-18-16-14-12-10-8-6-4-2/h15-18,21-24,28,30,83H,3-14,19-20,25-27,29,31-82,86H2,1-2H3,(H,89,90)/b17-15-,18-16-,23-21-,24-22-,30-28-. The Labute approximate surface area is 590 Å². The van der Waals surface area contributed by atoms with Gasteiger partial charge in [-0.05, 0) is 83.5 Å². The number of carbonyl (C=O) groups excluding carboxylic acids is 2. The maximum absolute atomic E-state index is 12.8. The first kappa shape index (κ1) is 92.7. The summed E-state index contributed by atoms with van der Waals surface area (Å²) >= 11 is 0. The molecule has 95 heavy (non-hydrogen) atoms. The predicted molar refractivity (Wildman–Crippen MR) is 413 cm³/mol. The molecule has 0 fully saturated rings. The predicted octanol–water partition coefficient (Wildman–Crippen LogP) is 28.1. The van der Waals surface area contributed by atoms with Crippen LogP contribution in [-0.2, 0) is 32.7 Å². The van der Waals surface area contributed by atoms with Gasteiger partial charge in [0.2, 0.25) is 0 Å². The third kappa shape index (κ3) is 80.6. The molecule has 0 amide bonds. The SMILES string of the molecule is CCCCCCC/C=C\C/C=C\C/C=C\CCCCCCCCCCCCCCCCCCCCCCCCC(=O)OC(COC(=O)CCCCCCCCCCCCCCCCCCCCCCCCCCC/C=C\C/C=C\CCCCCCC)COP(=O)(O)OCCN. The van der Waals surface area contributed by atoms with E-state index in [1.807, 2.05) is 0 Å². The minimum Gasteiger partial charge on any atom is -0.462 e. The zero-order valence-corrected chi connectivity index (χ0v) is 64.1. The van der Waals surface area contributed by atoms with Gasteiger partial charge >= 0.3 is 19.8 Å². The summed E-state index contributed by atoms with van der Waals surface area (Å²) in [6.45, 7) is 3.80. The number of ether oxygens (including phenoxy) is 2. The van der Waals surface area contributed by atoms with E-state index in [2.05, 4.69) is 74.6 Å². The lowest BCUT2D eigenvalue weighted by Gasteiger charge is -2.19. The van der Waals surface area contributed by atoms with Crippen LogP contribution in [0.4, 0.5) is 0 Å². The van der Waals surface area contributed by atoms with E-state index in [1.54, 1.807) is 0 Å². The van der Waals surface area contributed by atoms with Gasteiger partial charge in [-0.15, -0.1) is 0 Å². The van der Waals surface area contributed by atoms with Crippen LogP contribution in [0.5, 0.6) is 0 Å². The fraction of sp³-hybridized carbons (Fsp3) is 0.859. The van der Waals surface area contributed by atoms with Crippen LogP contribution in [0.15, 0.2) is 60.8 Å². The van der Waals surface area contributed by atoms with Gasteiger partial charge in [0.15, 0.2) is 6.10 Å². The van der Waals surface area contributed by atoms with E-state index in [0.29, 0.717) is 6.42 Å². The van der Waals surface area contributed by atoms with E-state index in [1.165, 1.54) is 353 Å². The van der Waals surface area contributed by atoms with E-state index >= 15 is 0 Å². The fourth-order valence-electron chi connectivity index (χ4n) is 12.7. The minimum atomic E-state index is -4.40. The molecule has 0 saturated heterocycles. The van der Waals surface area contributed by atoms with Crippen molar-refractivity contribution >= 4 is 19.8 Å². The monoisotopic (exact) mass is 1350 g/mol. The van der Waals surface area contributed by atoms with Crippen molar-refractivity contribution < 1.29 is 37.6 Å². The minimum absolute atomic E-state index is 0.0556. The van der Waals surface area contributed by atoms with Gasteiger partial charge in [0, 0.05) is 19.4 Å². The highest BCUT2D eigenvalue weighted by Gasteiger charge is 2.26. The average Bonchev–Trinajstić information content (AvgIpc) is 2.64. The van der Waals surface area contributed by atoms with Crippen LogP contribution in [0.25, 0.3) is 0 Å². The summed E-state index contributed by atoms with van der Waals surface area (Å²) in [7, 11) is -4.40. The van der Waals surface area contributed by atoms with Crippen molar-refractivity contribution in [2.24, 2.45) is 5.73 Å².